The maximum absolute atomic E-state index is 10.6. The average molecular weight is 388 g/mol. The van der Waals surface area contributed by atoms with Crippen molar-refractivity contribution in [3.63, 3.8) is 0 Å². The zero-order valence-corrected chi connectivity index (χ0v) is 10.9. The molecule has 0 heterocycles. The molecule has 0 aromatic heterocycles. The summed E-state index contributed by atoms with van der Waals surface area (Å²) in [6, 6.07) is 0. The highest BCUT2D eigenvalue weighted by Gasteiger charge is 2.31. The second-order valence-electron chi connectivity index (χ2n) is 1.35. The molecule has 12 heavy (non-hydrogen) atoms. The van der Waals surface area contributed by atoms with E-state index in [1.54, 1.807) is 0 Å². The Hall–Kier alpha value is 1.45. The molecule has 0 rings (SSSR count). The van der Waals surface area contributed by atoms with Crippen molar-refractivity contribution in [3.05, 3.63) is 0 Å². The Morgan fingerprint density at radius 1 is 1.08 bits per heavy atom. The summed E-state index contributed by atoms with van der Waals surface area (Å²) in [5.41, 5.74) is 0. The van der Waals surface area contributed by atoms with Crippen LogP contribution in [0.4, 0.5) is 4.79 Å². The van der Waals surface area contributed by atoms with Crippen LogP contribution in [0, 0.1) is 0 Å². The Kier molecular flexibility index (Phi) is 5.37. The van der Waals surface area contributed by atoms with Crippen LogP contribution in [0.15, 0.2) is 0 Å². The van der Waals surface area contributed by atoms with Crippen LogP contribution in [0.3, 0.4) is 0 Å². The number of ether oxygens (including phenoxy) is 2. The molecule has 0 saturated carbocycles. The van der Waals surface area contributed by atoms with Crippen molar-refractivity contribution >= 4 is 86.8 Å². The third-order valence-electron chi connectivity index (χ3n) is 0.398. The SMILES string of the molecule is O=C(OC(Cl)(Cl)Cl)OC(Cl)(Cl)I. The number of carbonyl (C=O) groups is 1. The van der Waals surface area contributed by atoms with Gasteiger partial charge >= 0.3 is 12.7 Å². The average Bonchev–Trinajstić information content (AvgIpc) is 1.49. The first-order valence-electron chi connectivity index (χ1n) is 2.15. The molecule has 9 heteroatoms. The topological polar surface area (TPSA) is 35.5 Å². The van der Waals surface area contributed by atoms with Crippen molar-refractivity contribution in [1.29, 1.82) is 0 Å². The quantitative estimate of drug-likeness (QED) is 0.387. The van der Waals surface area contributed by atoms with E-state index in [4.69, 9.17) is 58.0 Å². The number of hydrogen-bond acceptors (Lipinski definition) is 3. The van der Waals surface area contributed by atoms with E-state index in [1.807, 2.05) is 0 Å². The Morgan fingerprint density at radius 2 is 1.50 bits per heavy atom. The first kappa shape index (κ1) is 13.4. The zero-order chi connectivity index (χ0) is 9.99. The minimum atomic E-state index is -2.19. The summed E-state index contributed by atoms with van der Waals surface area (Å²) >= 11 is 27.2. The molecule has 0 atom stereocenters. The van der Waals surface area contributed by atoms with E-state index >= 15 is 0 Å². The molecule has 0 aliphatic rings. The van der Waals surface area contributed by atoms with Gasteiger partial charge in [-0.15, -0.1) is 0 Å². The minimum absolute atomic E-state index is 1.28. The molecule has 0 N–H and O–H groups in total. The fourth-order valence-electron chi connectivity index (χ4n) is 0.210. The summed E-state index contributed by atoms with van der Waals surface area (Å²) in [4.78, 5) is 10.6. The van der Waals surface area contributed by atoms with E-state index in [1.165, 1.54) is 22.6 Å². The van der Waals surface area contributed by atoms with Crippen LogP contribution in [0.5, 0.6) is 0 Å². The number of halogens is 6. The van der Waals surface area contributed by atoms with Gasteiger partial charge in [-0.2, -0.15) is 0 Å². The van der Waals surface area contributed by atoms with Gasteiger partial charge in [-0.3, -0.25) is 0 Å². The van der Waals surface area contributed by atoms with Crippen molar-refractivity contribution in [3.8, 4) is 0 Å². The molecule has 72 valence electrons. The standard InChI is InChI=1S/C3Cl5IO3/c4-2(5,6)11-1(10)12-3(7,8)9. The molecule has 3 nitrogen and oxygen atoms in total. The first-order valence-corrected chi connectivity index (χ1v) is 5.12. The summed E-state index contributed by atoms with van der Waals surface area (Å²) < 4.78 is 4.36. The molecule has 0 bridgehead atoms. The molecule has 0 aliphatic heterocycles. The fraction of sp³-hybridized carbons (Fsp3) is 0.667. The van der Waals surface area contributed by atoms with E-state index in [-0.39, 0.29) is 0 Å². The largest absolute Gasteiger partial charge is 0.515 e. The van der Waals surface area contributed by atoms with Gasteiger partial charge in [0, 0.05) is 22.6 Å². The van der Waals surface area contributed by atoms with Crippen molar-refractivity contribution in [2.75, 3.05) is 0 Å². The molecule has 0 unspecified atom stereocenters. The van der Waals surface area contributed by atoms with Crippen molar-refractivity contribution in [2.24, 2.45) is 0 Å². The van der Waals surface area contributed by atoms with E-state index < -0.39 is 12.7 Å². The van der Waals surface area contributed by atoms with Crippen molar-refractivity contribution < 1.29 is 14.3 Å². The molecule has 0 amide bonds. The van der Waals surface area contributed by atoms with Gasteiger partial charge in [-0.05, 0) is 58.0 Å². The Bertz CT molecular complexity index is 154. The molecule has 0 aliphatic carbocycles. The second-order valence-corrected chi connectivity index (χ2v) is 7.58. The van der Waals surface area contributed by atoms with Crippen molar-refractivity contribution in [1.82, 2.24) is 0 Å². The van der Waals surface area contributed by atoms with Gasteiger partial charge in [0.15, 0.2) is 0 Å². The monoisotopic (exact) mass is 386 g/mol. The van der Waals surface area contributed by atoms with Gasteiger partial charge in [-0.25, -0.2) is 4.79 Å². The molecule has 0 radical (unpaired) electrons. The highest BCUT2D eigenvalue weighted by molar-refractivity contribution is 14.1. The molecule has 0 fully saturated rings. The first-order chi connectivity index (χ1) is 5.10. The molecular formula is C3Cl5IO3. The third kappa shape index (κ3) is 9.54. The molecule has 0 spiro atoms. The molecular weight excluding hydrogens is 388 g/mol. The Balaban J connectivity index is 3.92. The number of carbonyl (C=O) groups excluding carboxylic acids is 1. The van der Waals surface area contributed by atoms with Crippen LogP contribution in [-0.4, -0.2) is 12.7 Å². The highest BCUT2D eigenvalue weighted by atomic mass is 127. The Labute approximate surface area is 107 Å². The molecule has 0 aromatic rings. The summed E-state index contributed by atoms with van der Waals surface area (Å²) in [6.45, 7) is 0. The lowest BCUT2D eigenvalue weighted by Crippen LogP contribution is -2.22. The van der Waals surface area contributed by atoms with Crippen LogP contribution >= 0.6 is 80.6 Å². The lowest BCUT2D eigenvalue weighted by Gasteiger charge is -2.15. The van der Waals surface area contributed by atoms with Crippen molar-refractivity contribution in [2.45, 2.75) is 6.50 Å². The van der Waals surface area contributed by atoms with Crippen LogP contribution < -0.4 is 0 Å². The van der Waals surface area contributed by atoms with Gasteiger partial charge in [0.25, 0.3) is 0 Å². The van der Waals surface area contributed by atoms with E-state index in [2.05, 4.69) is 9.47 Å². The maximum Gasteiger partial charge on any atom is 0.515 e. The fourth-order valence-corrected chi connectivity index (χ4v) is 0.705. The maximum atomic E-state index is 10.6. The number of hydrogen-bond donors (Lipinski definition) is 0. The van der Waals surface area contributed by atoms with E-state index in [0.29, 0.717) is 0 Å². The van der Waals surface area contributed by atoms with Gasteiger partial charge in [-0.1, -0.05) is 0 Å². The summed E-state index contributed by atoms with van der Waals surface area (Å²) in [7, 11) is 0. The number of alkyl halides is 6. The normalized spacial score (nSPS) is 12.5. The van der Waals surface area contributed by atoms with Crippen LogP contribution in [-0.2, 0) is 9.47 Å². The van der Waals surface area contributed by atoms with Crippen LogP contribution in [0.2, 0.25) is 0 Å². The summed E-state index contributed by atoms with van der Waals surface area (Å²) in [6.07, 6.45) is -1.28. The van der Waals surface area contributed by atoms with Crippen LogP contribution in [0.1, 0.15) is 0 Å². The summed E-state index contributed by atoms with van der Waals surface area (Å²) in [5, 5.41) is 0. The highest BCUT2D eigenvalue weighted by Crippen LogP contribution is 2.33. The van der Waals surface area contributed by atoms with Gasteiger partial charge in [0.2, 0.25) is 0 Å². The zero-order valence-electron chi connectivity index (χ0n) is 4.99. The molecule has 0 aromatic carbocycles. The lowest BCUT2D eigenvalue weighted by molar-refractivity contribution is 0.0556. The van der Waals surface area contributed by atoms with Gasteiger partial charge < -0.3 is 9.47 Å². The van der Waals surface area contributed by atoms with Gasteiger partial charge in [0.1, 0.15) is 0 Å². The third-order valence-corrected chi connectivity index (χ3v) is 1.00. The predicted octanol–water partition coefficient (Wildman–Crippen LogP) is 3.99. The predicted molar refractivity (Wildman–Crippen MR) is 56.3 cm³/mol. The second kappa shape index (κ2) is 4.79. The lowest BCUT2D eigenvalue weighted by atomic mass is 11.3. The van der Waals surface area contributed by atoms with Gasteiger partial charge in [0.05, 0.1) is 0 Å². The molecule has 0 saturated heterocycles. The summed E-state index contributed by atoms with van der Waals surface area (Å²) in [5.74, 6) is 0. The Morgan fingerprint density at radius 3 is 1.75 bits per heavy atom. The van der Waals surface area contributed by atoms with E-state index in [9.17, 15) is 4.79 Å². The van der Waals surface area contributed by atoms with E-state index in [0.717, 1.165) is 0 Å². The van der Waals surface area contributed by atoms with Crippen LogP contribution in [0.25, 0.3) is 0 Å². The smallest absolute Gasteiger partial charge is 0.388 e. The minimum Gasteiger partial charge on any atom is -0.388 e. The number of rotatable bonds is 1.